The Morgan fingerprint density at radius 2 is 1.96 bits per heavy atom. The van der Waals surface area contributed by atoms with Crippen molar-refractivity contribution >= 4 is 16.9 Å². The molecule has 0 spiro atoms. The number of fused-ring (bicyclic) bond motifs is 1. The van der Waals surface area contributed by atoms with E-state index < -0.39 is 12.1 Å². The Morgan fingerprint density at radius 3 is 2.70 bits per heavy atom. The first kappa shape index (κ1) is 18.5. The molecule has 0 fully saturated rings. The van der Waals surface area contributed by atoms with E-state index in [4.69, 9.17) is 18.6 Å². The molecule has 2 aromatic carbocycles. The van der Waals surface area contributed by atoms with E-state index in [1.54, 1.807) is 38.1 Å². The molecule has 0 saturated heterocycles. The minimum atomic E-state index is -0.766. The Balaban J connectivity index is 1.85. The topological polar surface area (TPSA) is 75.0 Å². The van der Waals surface area contributed by atoms with E-state index in [0.29, 0.717) is 22.5 Å². The summed E-state index contributed by atoms with van der Waals surface area (Å²) in [7, 11) is 0. The van der Waals surface area contributed by atoms with Gasteiger partial charge in [-0.15, -0.1) is 0 Å². The van der Waals surface area contributed by atoms with Gasteiger partial charge in [-0.3, -0.25) is 4.79 Å². The summed E-state index contributed by atoms with van der Waals surface area (Å²) in [5.74, 6) is 0.603. The van der Waals surface area contributed by atoms with Gasteiger partial charge in [-0.1, -0.05) is 12.1 Å². The molecule has 0 bridgehead atoms. The van der Waals surface area contributed by atoms with E-state index in [1.807, 2.05) is 25.1 Å². The second-order valence-corrected chi connectivity index (χ2v) is 6.02. The zero-order chi connectivity index (χ0) is 19.4. The van der Waals surface area contributed by atoms with E-state index in [1.165, 1.54) is 6.26 Å². The molecule has 0 aliphatic rings. The molecule has 0 N–H and O–H groups in total. The van der Waals surface area contributed by atoms with Gasteiger partial charge in [0.05, 0.1) is 12.0 Å². The Bertz CT molecular complexity index is 1020. The molecule has 3 aromatic rings. The van der Waals surface area contributed by atoms with Crippen LogP contribution in [0.5, 0.6) is 17.2 Å². The van der Waals surface area contributed by atoms with E-state index in [2.05, 4.69) is 0 Å². The molecule has 140 valence electrons. The Kier molecular flexibility index (Phi) is 5.45. The predicted octanol–water partition coefficient (Wildman–Crippen LogP) is 4.22. The fraction of sp³-hybridized carbons (Fsp3) is 0.238. The molecule has 0 saturated carbocycles. The summed E-state index contributed by atoms with van der Waals surface area (Å²) in [6.45, 7) is 5.54. The van der Waals surface area contributed by atoms with Crippen molar-refractivity contribution in [3.05, 3.63) is 64.5 Å². The van der Waals surface area contributed by atoms with E-state index in [-0.39, 0.29) is 17.8 Å². The molecule has 0 aliphatic heterocycles. The largest absolute Gasteiger partial charge is 0.479 e. The SMILES string of the molecule is CCOC(=O)C(C)Oc1ccc2c(=O)c(Oc3cccc(C)c3)coc2c1. The molecule has 0 aliphatic carbocycles. The van der Waals surface area contributed by atoms with Crippen LogP contribution in [-0.2, 0) is 9.53 Å². The Morgan fingerprint density at radius 1 is 1.15 bits per heavy atom. The van der Waals surface area contributed by atoms with Crippen molar-refractivity contribution < 1.29 is 23.4 Å². The average Bonchev–Trinajstić information content (AvgIpc) is 2.64. The van der Waals surface area contributed by atoms with Crippen LogP contribution in [0.1, 0.15) is 19.4 Å². The summed E-state index contributed by atoms with van der Waals surface area (Å²) in [6, 6.07) is 12.1. The number of esters is 1. The number of carbonyl (C=O) groups excluding carboxylic acids is 1. The fourth-order valence-corrected chi connectivity index (χ4v) is 2.55. The zero-order valence-electron chi connectivity index (χ0n) is 15.4. The van der Waals surface area contributed by atoms with Crippen molar-refractivity contribution in [2.24, 2.45) is 0 Å². The third-order valence-corrected chi connectivity index (χ3v) is 3.86. The smallest absolute Gasteiger partial charge is 0.347 e. The summed E-state index contributed by atoms with van der Waals surface area (Å²) in [4.78, 5) is 24.3. The fourth-order valence-electron chi connectivity index (χ4n) is 2.55. The molecule has 1 heterocycles. The van der Waals surface area contributed by atoms with Crippen LogP contribution in [0.2, 0.25) is 0 Å². The Hall–Kier alpha value is -3.28. The summed E-state index contributed by atoms with van der Waals surface area (Å²) in [5, 5.41) is 0.358. The highest BCUT2D eigenvalue weighted by Gasteiger charge is 2.17. The highest BCUT2D eigenvalue weighted by molar-refractivity contribution is 5.79. The first-order valence-electron chi connectivity index (χ1n) is 8.61. The standard InChI is InChI=1S/C21H20O6/c1-4-24-21(23)14(3)26-16-8-9-17-18(11-16)25-12-19(20(17)22)27-15-7-5-6-13(2)10-15/h5-12,14H,4H2,1-3H3. The van der Waals surface area contributed by atoms with Crippen LogP contribution in [0.3, 0.4) is 0 Å². The second-order valence-electron chi connectivity index (χ2n) is 6.02. The number of carbonyl (C=O) groups is 1. The number of hydrogen-bond acceptors (Lipinski definition) is 6. The average molecular weight is 368 g/mol. The lowest BCUT2D eigenvalue weighted by Crippen LogP contribution is -2.26. The summed E-state index contributed by atoms with van der Waals surface area (Å²) in [5.41, 5.74) is 1.07. The lowest BCUT2D eigenvalue weighted by atomic mass is 10.2. The minimum absolute atomic E-state index is 0.0988. The van der Waals surface area contributed by atoms with Gasteiger partial charge in [0.1, 0.15) is 23.3 Å². The van der Waals surface area contributed by atoms with Gasteiger partial charge < -0.3 is 18.6 Å². The van der Waals surface area contributed by atoms with Crippen LogP contribution in [0, 0.1) is 6.92 Å². The number of aryl methyl sites for hydroxylation is 1. The Labute approximate surface area is 156 Å². The third kappa shape index (κ3) is 4.28. The lowest BCUT2D eigenvalue weighted by molar-refractivity contribution is -0.150. The molecular formula is C21H20O6. The van der Waals surface area contributed by atoms with Crippen molar-refractivity contribution in [2.75, 3.05) is 6.61 Å². The first-order valence-corrected chi connectivity index (χ1v) is 8.61. The molecule has 6 heteroatoms. The molecule has 27 heavy (non-hydrogen) atoms. The molecular weight excluding hydrogens is 348 g/mol. The first-order chi connectivity index (χ1) is 13.0. The molecule has 6 nitrogen and oxygen atoms in total. The van der Waals surface area contributed by atoms with Crippen molar-refractivity contribution in [1.29, 1.82) is 0 Å². The van der Waals surface area contributed by atoms with Gasteiger partial charge in [0.2, 0.25) is 11.2 Å². The second kappa shape index (κ2) is 7.95. The third-order valence-electron chi connectivity index (χ3n) is 3.86. The van der Waals surface area contributed by atoms with Gasteiger partial charge >= 0.3 is 5.97 Å². The van der Waals surface area contributed by atoms with Crippen LogP contribution in [0.25, 0.3) is 11.0 Å². The van der Waals surface area contributed by atoms with Crippen LogP contribution in [0.15, 0.2) is 57.9 Å². The number of rotatable bonds is 6. The normalized spacial score (nSPS) is 11.8. The molecule has 0 amide bonds. The van der Waals surface area contributed by atoms with E-state index in [9.17, 15) is 9.59 Å². The van der Waals surface area contributed by atoms with Crippen LogP contribution >= 0.6 is 0 Å². The quantitative estimate of drug-likeness (QED) is 0.606. The lowest BCUT2D eigenvalue weighted by Gasteiger charge is -2.13. The van der Waals surface area contributed by atoms with E-state index in [0.717, 1.165) is 5.56 Å². The maximum Gasteiger partial charge on any atom is 0.347 e. The summed E-state index contributed by atoms with van der Waals surface area (Å²) >= 11 is 0. The predicted molar refractivity (Wildman–Crippen MR) is 100 cm³/mol. The van der Waals surface area contributed by atoms with Crippen molar-refractivity contribution in [3.8, 4) is 17.2 Å². The van der Waals surface area contributed by atoms with Gasteiger partial charge in [-0.05, 0) is 50.6 Å². The van der Waals surface area contributed by atoms with Crippen LogP contribution in [0.4, 0.5) is 0 Å². The number of ether oxygens (including phenoxy) is 3. The van der Waals surface area contributed by atoms with Gasteiger partial charge in [0.25, 0.3) is 0 Å². The van der Waals surface area contributed by atoms with Gasteiger partial charge in [-0.2, -0.15) is 0 Å². The van der Waals surface area contributed by atoms with E-state index >= 15 is 0 Å². The van der Waals surface area contributed by atoms with Gasteiger partial charge in [0.15, 0.2) is 6.10 Å². The summed E-state index contributed by atoms with van der Waals surface area (Å²) < 4.78 is 21.6. The van der Waals surface area contributed by atoms with Gasteiger partial charge in [-0.25, -0.2) is 4.79 Å². The molecule has 3 rings (SSSR count). The molecule has 0 radical (unpaired) electrons. The number of benzene rings is 2. The number of hydrogen-bond donors (Lipinski definition) is 0. The van der Waals surface area contributed by atoms with Crippen molar-refractivity contribution in [3.63, 3.8) is 0 Å². The van der Waals surface area contributed by atoms with Crippen molar-refractivity contribution in [1.82, 2.24) is 0 Å². The maximum absolute atomic E-state index is 12.6. The zero-order valence-corrected chi connectivity index (χ0v) is 15.4. The van der Waals surface area contributed by atoms with Gasteiger partial charge in [0, 0.05) is 6.07 Å². The van der Waals surface area contributed by atoms with Crippen LogP contribution < -0.4 is 14.9 Å². The highest BCUT2D eigenvalue weighted by atomic mass is 16.6. The molecule has 1 aromatic heterocycles. The van der Waals surface area contributed by atoms with Crippen molar-refractivity contribution in [2.45, 2.75) is 26.9 Å². The molecule has 1 atom stereocenters. The maximum atomic E-state index is 12.6. The molecule has 1 unspecified atom stereocenters. The van der Waals surface area contributed by atoms with Crippen LogP contribution in [-0.4, -0.2) is 18.7 Å². The summed E-state index contributed by atoms with van der Waals surface area (Å²) in [6.07, 6.45) is 0.504. The highest BCUT2D eigenvalue weighted by Crippen LogP contribution is 2.25. The minimum Gasteiger partial charge on any atom is -0.479 e. The monoisotopic (exact) mass is 368 g/mol.